The van der Waals surface area contributed by atoms with Crippen LogP contribution in [0, 0.1) is 0 Å². The van der Waals surface area contributed by atoms with Gasteiger partial charge in [-0.15, -0.1) is 19.7 Å². The van der Waals surface area contributed by atoms with E-state index in [-0.39, 0.29) is 0 Å². The lowest BCUT2D eigenvalue weighted by molar-refractivity contribution is 0.306. The Bertz CT molecular complexity index is 157. The third-order valence-electron chi connectivity index (χ3n) is 1.38. The molecule has 0 aromatic rings. The van der Waals surface area contributed by atoms with Crippen molar-refractivity contribution in [3.63, 3.8) is 0 Å². The monoisotopic (exact) mass is 216 g/mol. The molecule has 0 aliphatic carbocycles. The molecular weight excluding hydrogens is 204 g/mol. The molecule has 0 unspecified atom stereocenters. The van der Waals surface area contributed by atoms with E-state index in [0.29, 0.717) is 0 Å². The summed E-state index contributed by atoms with van der Waals surface area (Å²) >= 11 is 0. The van der Waals surface area contributed by atoms with Crippen LogP contribution in [0.2, 0.25) is 0 Å². The van der Waals surface area contributed by atoms with Crippen LogP contribution < -0.4 is 0 Å². The maximum Gasteiger partial charge on any atom is 0.330 e. The van der Waals surface area contributed by atoms with Gasteiger partial charge in [0.1, 0.15) is 0 Å². The lowest BCUT2D eigenvalue weighted by atomic mass is 11.3. The van der Waals surface area contributed by atoms with Crippen LogP contribution in [-0.2, 0) is 12.3 Å². The van der Waals surface area contributed by atoms with Crippen molar-refractivity contribution in [1.29, 1.82) is 0 Å². The molecule has 3 nitrogen and oxygen atoms in total. The van der Waals surface area contributed by atoms with Crippen LogP contribution >= 0.6 is 0 Å². The number of rotatable bonds is 3. The summed E-state index contributed by atoms with van der Waals surface area (Å²) in [6.07, 6.45) is 0. The van der Waals surface area contributed by atoms with E-state index in [9.17, 15) is 0 Å². The first-order chi connectivity index (χ1) is 5.80. The van der Waals surface area contributed by atoms with E-state index in [2.05, 4.69) is 19.7 Å². The first-order valence-electron chi connectivity index (χ1n) is 3.64. The molecule has 1 aliphatic heterocycles. The summed E-state index contributed by atoms with van der Waals surface area (Å²) in [7, 11) is -4.91. The highest BCUT2D eigenvalue weighted by Gasteiger charge is 2.29. The van der Waals surface area contributed by atoms with Gasteiger partial charge in [-0.25, -0.2) is 0 Å². The van der Waals surface area contributed by atoms with Crippen LogP contribution in [0.15, 0.2) is 36.8 Å². The fraction of sp³-hybridized carbons (Fsp3) is 0. The van der Waals surface area contributed by atoms with E-state index in [1.165, 1.54) is 0 Å². The maximum atomic E-state index is 5.50. The average molecular weight is 216 g/mol. The SMILES string of the molecule is C=C[SiH]1O[SiH](C=C)O[SiH](C=C)O1. The smallest absolute Gasteiger partial charge is 0.330 e. The molecule has 0 atom stereocenters. The van der Waals surface area contributed by atoms with Crippen molar-refractivity contribution < 1.29 is 12.3 Å². The Balaban J connectivity index is 2.57. The molecule has 66 valence electrons. The summed E-state index contributed by atoms with van der Waals surface area (Å²) < 4.78 is 16.5. The summed E-state index contributed by atoms with van der Waals surface area (Å²) in [5.41, 5.74) is 5.28. The predicted molar refractivity (Wildman–Crippen MR) is 55.3 cm³/mol. The van der Waals surface area contributed by atoms with Crippen molar-refractivity contribution in [2.45, 2.75) is 0 Å². The van der Waals surface area contributed by atoms with E-state index in [1.54, 1.807) is 17.1 Å². The third-order valence-corrected chi connectivity index (χ3v) is 8.97. The normalized spacial score (nSPS) is 35.5. The van der Waals surface area contributed by atoms with Crippen LogP contribution in [0.4, 0.5) is 0 Å². The quantitative estimate of drug-likeness (QED) is 0.616. The fourth-order valence-electron chi connectivity index (χ4n) is 0.826. The van der Waals surface area contributed by atoms with Gasteiger partial charge in [0.15, 0.2) is 0 Å². The molecular formula is C6H12O3Si3. The van der Waals surface area contributed by atoms with E-state index in [1.807, 2.05) is 0 Å². The second-order valence-corrected chi connectivity index (χ2v) is 9.11. The number of hydrogen-bond donors (Lipinski definition) is 0. The minimum Gasteiger partial charge on any atom is -0.414 e. The van der Waals surface area contributed by atoms with Gasteiger partial charge < -0.3 is 12.3 Å². The van der Waals surface area contributed by atoms with Crippen molar-refractivity contribution in [2.75, 3.05) is 0 Å². The van der Waals surface area contributed by atoms with Crippen molar-refractivity contribution in [3.05, 3.63) is 36.8 Å². The molecule has 0 amide bonds. The van der Waals surface area contributed by atoms with Gasteiger partial charge >= 0.3 is 27.9 Å². The van der Waals surface area contributed by atoms with Crippen molar-refractivity contribution in [3.8, 4) is 0 Å². The second kappa shape index (κ2) is 4.70. The largest absolute Gasteiger partial charge is 0.414 e. The zero-order valence-electron chi connectivity index (χ0n) is 6.81. The molecule has 6 heteroatoms. The lowest BCUT2D eigenvalue weighted by Crippen LogP contribution is -2.46. The Morgan fingerprint density at radius 3 is 1.08 bits per heavy atom. The molecule has 12 heavy (non-hydrogen) atoms. The molecule has 1 saturated heterocycles. The Labute approximate surface area is 77.5 Å². The van der Waals surface area contributed by atoms with Gasteiger partial charge in [0.05, 0.1) is 0 Å². The highest BCUT2D eigenvalue weighted by Crippen LogP contribution is 2.09. The second-order valence-electron chi connectivity index (χ2n) is 2.22. The van der Waals surface area contributed by atoms with Crippen LogP contribution in [0.25, 0.3) is 0 Å². The number of hydrogen-bond acceptors (Lipinski definition) is 3. The van der Waals surface area contributed by atoms with Gasteiger partial charge in [-0.05, 0) is 0 Å². The van der Waals surface area contributed by atoms with Crippen LogP contribution in [0.1, 0.15) is 0 Å². The van der Waals surface area contributed by atoms with Gasteiger partial charge in [-0.3, -0.25) is 0 Å². The van der Waals surface area contributed by atoms with E-state index < -0.39 is 27.9 Å². The standard InChI is InChI=1S/C6H12O3Si3/c1-4-10-7-11(5-2)9-12(6-3)8-10/h4-6,10-12H,1-3H2. The third kappa shape index (κ3) is 2.37. The summed E-state index contributed by atoms with van der Waals surface area (Å²) in [6, 6.07) is 0. The molecule has 1 aliphatic rings. The summed E-state index contributed by atoms with van der Waals surface area (Å²) in [6.45, 7) is 11.0. The van der Waals surface area contributed by atoms with Gasteiger partial charge in [0.25, 0.3) is 0 Å². The predicted octanol–water partition coefficient (Wildman–Crippen LogP) is -0.113. The average Bonchev–Trinajstić information content (AvgIpc) is 2.16. The molecule has 0 saturated carbocycles. The van der Waals surface area contributed by atoms with E-state index >= 15 is 0 Å². The minimum absolute atomic E-state index is 1.64. The van der Waals surface area contributed by atoms with Gasteiger partial charge in [-0.1, -0.05) is 17.1 Å². The summed E-state index contributed by atoms with van der Waals surface area (Å²) in [5.74, 6) is 0. The van der Waals surface area contributed by atoms with Crippen LogP contribution in [0.3, 0.4) is 0 Å². The maximum absolute atomic E-state index is 5.50. The van der Waals surface area contributed by atoms with Crippen molar-refractivity contribution >= 4 is 27.9 Å². The van der Waals surface area contributed by atoms with Gasteiger partial charge in [0.2, 0.25) is 0 Å². The molecule has 1 fully saturated rings. The minimum atomic E-state index is -1.64. The van der Waals surface area contributed by atoms with Crippen molar-refractivity contribution in [2.24, 2.45) is 0 Å². The highest BCUT2D eigenvalue weighted by molar-refractivity contribution is 6.78. The fourth-order valence-corrected chi connectivity index (χ4v) is 9.17. The summed E-state index contributed by atoms with van der Waals surface area (Å²) in [4.78, 5) is 0. The van der Waals surface area contributed by atoms with E-state index in [0.717, 1.165) is 0 Å². The molecule has 0 aromatic carbocycles. The lowest BCUT2D eigenvalue weighted by Gasteiger charge is -2.29. The highest BCUT2D eigenvalue weighted by atomic mass is 28.5. The zero-order valence-corrected chi connectivity index (χ0v) is 10.3. The van der Waals surface area contributed by atoms with Crippen molar-refractivity contribution in [1.82, 2.24) is 0 Å². The molecule has 0 N–H and O–H groups in total. The van der Waals surface area contributed by atoms with Gasteiger partial charge in [-0.2, -0.15) is 0 Å². The first kappa shape index (κ1) is 9.84. The van der Waals surface area contributed by atoms with Crippen LogP contribution in [0.5, 0.6) is 0 Å². The molecule has 0 aromatic heterocycles. The zero-order chi connectivity index (χ0) is 8.97. The molecule has 0 bridgehead atoms. The van der Waals surface area contributed by atoms with Gasteiger partial charge in [0, 0.05) is 0 Å². The molecule has 0 radical (unpaired) electrons. The van der Waals surface area contributed by atoms with Crippen LogP contribution in [-0.4, -0.2) is 27.9 Å². The topological polar surface area (TPSA) is 27.7 Å². The Hall–Kier alpha value is -0.249. The molecule has 0 spiro atoms. The summed E-state index contributed by atoms with van der Waals surface area (Å²) in [5, 5.41) is 0. The molecule has 1 heterocycles. The molecule has 1 rings (SSSR count). The first-order valence-corrected chi connectivity index (χ1v) is 8.47. The Kier molecular flexibility index (Phi) is 3.85. The van der Waals surface area contributed by atoms with E-state index in [4.69, 9.17) is 12.3 Å². The Morgan fingerprint density at radius 2 is 0.917 bits per heavy atom. The Morgan fingerprint density at radius 1 is 0.667 bits per heavy atom.